The van der Waals surface area contributed by atoms with Gasteiger partial charge >= 0.3 is 0 Å². The van der Waals surface area contributed by atoms with E-state index in [1.165, 1.54) is 11.1 Å². The van der Waals surface area contributed by atoms with Crippen LogP contribution in [0.5, 0.6) is 0 Å². The van der Waals surface area contributed by atoms with E-state index in [0.29, 0.717) is 36.4 Å². The number of Topliss-reactive ketones (excluding diaryl/α,β-unsaturated/α-hetero) is 1. The molecule has 0 aromatic carbocycles. The fourth-order valence-corrected chi connectivity index (χ4v) is 6.30. The molecule has 0 aliphatic heterocycles. The highest BCUT2D eigenvalue weighted by molar-refractivity contribution is 5.92. The number of carbonyl (C=O) groups excluding carboxylic acids is 2. The minimum Gasteiger partial charge on any atom is -0.299 e. The summed E-state index contributed by atoms with van der Waals surface area (Å²) in [5.41, 5.74) is 2.45. The number of ketones is 2. The van der Waals surface area contributed by atoms with Gasteiger partial charge in [0.2, 0.25) is 0 Å². The fourth-order valence-electron chi connectivity index (χ4n) is 6.30. The molecule has 126 valence electrons. The van der Waals surface area contributed by atoms with Crippen LogP contribution in [-0.4, -0.2) is 11.6 Å². The molecule has 0 aromatic rings. The van der Waals surface area contributed by atoms with Crippen molar-refractivity contribution in [3.8, 4) is 12.3 Å². The first-order chi connectivity index (χ1) is 11.4. The molecule has 3 unspecified atom stereocenters. The van der Waals surface area contributed by atoms with Gasteiger partial charge in [-0.15, -0.1) is 12.3 Å². The summed E-state index contributed by atoms with van der Waals surface area (Å²) in [5, 5.41) is 0. The lowest BCUT2D eigenvalue weighted by Crippen LogP contribution is -2.47. The van der Waals surface area contributed by atoms with Crippen molar-refractivity contribution in [2.75, 3.05) is 0 Å². The zero-order chi connectivity index (χ0) is 17.1. The molecule has 4 aliphatic rings. The van der Waals surface area contributed by atoms with E-state index < -0.39 is 0 Å². The quantitative estimate of drug-likeness (QED) is 0.534. The lowest BCUT2D eigenvalue weighted by molar-refractivity contribution is -0.127. The first-order valence-electron chi connectivity index (χ1n) is 9.34. The highest BCUT2D eigenvalue weighted by Gasteiger charge is 2.57. The van der Waals surface area contributed by atoms with Crippen molar-refractivity contribution < 1.29 is 9.59 Å². The predicted molar refractivity (Wildman–Crippen MR) is 94.0 cm³/mol. The van der Waals surface area contributed by atoms with E-state index in [1.54, 1.807) is 0 Å². The Kier molecular flexibility index (Phi) is 3.43. The molecule has 0 radical (unpaired) electrons. The second-order valence-electron chi connectivity index (χ2n) is 8.62. The molecule has 0 amide bonds. The normalized spacial score (nSPS) is 44.0. The van der Waals surface area contributed by atoms with Gasteiger partial charge in [-0.1, -0.05) is 31.1 Å². The van der Waals surface area contributed by atoms with Crippen molar-refractivity contribution in [1.29, 1.82) is 0 Å². The van der Waals surface area contributed by atoms with Crippen molar-refractivity contribution in [2.45, 2.75) is 58.8 Å². The van der Waals surface area contributed by atoms with Crippen LogP contribution in [0.3, 0.4) is 0 Å². The Labute approximate surface area is 144 Å². The second-order valence-corrected chi connectivity index (χ2v) is 8.62. The standard InChI is InChI=1S/C22H26O2/c1-4-9-22-11-7-15(23)13-19(22)14(2)12-16-17-5-6-20(24)21(17,3)10-8-18(16)22/h1,8,13-14,16-17H,5-7,9-12H2,2-3H3/t14-,16?,17?,21?,22+/m0/s1. The number of terminal acetylenes is 1. The number of allylic oxidation sites excluding steroid dienone is 4. The molecule has 0 saturated heterocycles. The number of hydrogen-bond donors (Lipinski definition) is 0. The van der Waals surface area contributed by atoms with Gasteiger partial charge in [-0.05, 0) is 49.5 Å². The van der Waals surface area contributed by atoms with E-state index in [1.807, 2.05) is 6.08 Å². The molecule has 2 saturated carbocycles. The summed E-state index contributed by atoms with van der Waals surface area (Å²) in [4.78, 5) is 24.6. The monoisotopic (exact) mass is 322 g/mol. The maximum Gasteiger partial charge on any atom is 0.155 e. The second kappa shape index (κ2) is 5.19. The van der Waals surface area contributed by atoms with Crippen LogP contribution in [-0.2, 0) is 9.59 Å². The average molecular weight is 322 g/mol. The summed E-state index contributed by atoms with van der Waals surface area (Å²) in [6, 6.07) is 0. The summed E-state index contributed by atoms with van der Waals surface area (Å²) in [5.74, 6) is 4.91. The van der Waals surface area contributed by atoms with Crippen LogP contribution >= 0.6 is 0 Å². The van der Waals surface area contributed by atoms with Crippen molar-refractivity contribution in [3.63, 3.8) is 0 Å². The van der Waals surface area contributed by atoms with E-state index in [9.17, 15) is 9.59 Å². The van der Waals surface area contributed by atoms with Gasteiger partial charge in [0.1, 0.15) is 5.78 Å². The lowest BCUT2D eigenvalue weighted by Gasteiger charge is -2.55. The van der Waals surface area contributed by atoms with Gasteiger partial charge in [0.25, 0.3) is 0 Å². The number of rotatable bonds is 1. The van der Waals surface area contributed by atoms with E-state index in [0.717, 1.165) is 32.1 Å². The van der Waals surface area contributed by atoms with Gasteiger partial charge in [0.05, 0.1) is 0 Å². The highest BCUT2D eigenvalue weighted by atomic mass is 16.1. The zero-order valence-electron chi connectivity index (χ0n) is 14.7. The molecule has 2 heteroatoms. The van der Waals surface area contributed by atoms with Gasteiger partial charge in [0, 0.05) is 30.1 Å². The molecule has 2 nitrogen and oxygen atoms in total. The first-order valence-corrected chi connectivity index (χ1v) is 9.34. The largest absolute Gasteiger partial charge is 0.299 e. The van der Waals surface area contributed by atoms with Crippen molar-refractivity contribution in [1.82, 2.24) is 0 Å². The summed E-state index contributed by atoms with van der Waals surface area (Å²) < 4.78 is 0. The Hall–Kier alpha value is -1.62. The Bertz CT molecular complexity index is 719. The summed E-state index contributed by atoms with van der Waals surface area (Å²) in [6.45, 7) is 4.42. The van der Waals surface area contributed by atoms with E-state index in [4.69, 9.17) is 6.42 Å². The lowest BCUT2D eigenvalue weighted by atomic mass is 9.48. The molecule has 0 heterocycles. The van der Waals surface area contributed by atoms with Crippen LogP contribution in [0.4, 0.5) is 0 Å². The molecule has 0 bridgehead atoms. The fraction of sp³-hybridized carbons (Fsp3) is 0.636. The van der Waals surface area contributed by atoms with Gasteiger partial charge in [-0.2, -0.15) is 0 Å². The number of carbonyl (C=O) groups is 2. The van der Waals surface area contributed by atoms with Crippen LogP contribution in [0.1, 0.15) is 58.8 Å². The predicted octanol–water partition coefficient (Wildman–Crippen LogP) is 4.26. The minimum atomic E-state index is -0.170. The van der Waals surface area contributed by atoms with Gasteiger partial charge < -0.3 is 0 Å². The number of fused-ring (bicyclic) bond motifs is 5. The topological polar surface area (TPSA) is 34.1 Å². The Balaban J connectivity index is 1.86. The average Bonchev–Trinajstić information content (AvgIpc) is 2.85. The molecule has 4 aliphatic carbocycles. The third kappa shape index (κ3) is 1.91. The Morgan fingerprint density at radius 2 is 2.08 bits per heavy atom. The SMILES string of the molecule is C#CC[C@]12CCC(=O)C=C1[C@@H](C)CC1C2=CCC2(C)C(=O)CCC12. The molecule has 24 heavy (non-hydrogen) atoms. The van der Waals surface area contributed by atoms with E-state index >= 15 is 0 Å². The third-order valence-electron chi connectivity index (χ3n) is 7.53. The molecule has 2 fully saturated rings. The third-order valence-corrected chi connectivity index (χ3v) is 7.53. The van der Waals surface area contributed by atoms with Crippen LogP contribution in [0, 0.1) is 40.9 Å². The first kappa shape index (κ1) is 15.9. The van der Waals surface area contributed by atoms with Crippen molar-refractivity contribution in [2.24, 2.45) is 28.6 Å². The molecular formula is C22H26O2. The van der Waals surface area contributed by atoms with E-state index in [2.05, 4.69) is 25.8 Å². The molecule has 5 atom stereocenters. The maximum atomic E-state index is 12.5. The van der Waals surface area contributed by atoms with Crippen molar-refractivity contribution in [3.05, 3.63) is 23.3 Å². The van der Waals surface area contributed by atoms with E-state index in [-0.39, 0.29) is 16.6 Å². The molecular weight excluding hydrogens is 296 g/mol. The van der Waals surface area contributed by atoms with Crippen LogP contribution in [0.15, 0.2) is 23.3 Å². The smallest absolute Gasteiger partial charge is 0.155 e. The van der Waals surface area contributed by atoms with Crippen LogP contribution in [0.2, 0.25) is 0 Å². The van der Waals surface area contributed by atoms with Gasteiger partial charge in [0.15, 0.2) is 5.78 Å². The summed E-state index contributed by atoms with van der Waals surface area (Å²) in [6.07, 6.45) is 15.8. The van der Waals surface area contributed by atoms with Crippen molar-refractivity contribution >= 4 is 11.6 Å². The number of hydrogen-bond acceptors (Lipinski definition) is 2. The minimum absolute atomic E-state index is 0.113. The maximum absolute atomic E-state index is 12.5. The van der Waals surface area contributed by atoms with Crippen LogP contribution < -0.4 is 0 Å². The molecule has 0 N–H and O–H groups in total. The van der Waals surface area contributed by atoms with Gasteiger partial charge in [-0.3, -0.25) is 9.59 Å². The molecule has 0 spiro atoms. The van der Waals surface area contributed by atoms with Gasteiger partial charge in [-0.25, -0.2) is 0 Å². The molecule has 4 rings (SSSR count). The Morgan fingerprint density at radius 1 is 1.29 bits per heavy atom. The Morgan fingerprint density at radius 3 is 2.83 bits per heavy atom. The van der Waals surface area contributed by atoms with Crippen LogP contribution in [0.25, 0.3) is 0 Å². The zero-order valence-corrected chi connectivity index (χ0v) is 14.7. The summed E-state index contributed by atoms with van der Waals surface area (Å²) in [7, 11) is 0. The summed E-state index contributed by atoms with van der Waals surface area (Å²) >= 11 is 0. The highest BCUT2D eigenvalue weighted by Crippen LogP contribution is 2.64. The molecule has 0 aromatic heterocycles.